The van der Waals surface area contributed by atoms with E-state index in [2.05, 4.69) is 22.1 Å². The SMILES string of the molecule is Cc1cc(Cn2cnc(CO)c2)c2ccccc2n1. The van der Waals surface area contributed by atoms with Gasteiger partial charge in [-0.2, -0.15) is 0 Å². The lowest BCUT2D eigenvalue weighted by molar-refractivity contribution is 0.277. The molecule has 1 aromatic carbocycles. The van der Waals surface area contributed by atoms with Crippen LogP contribution in [0.2, 0.25) is 0 Å². The summed E-state index contributed by atoms with van der Waals surface area (Å²) in [5.41, 5.74) is 3.93. The Hall–Kier alpha value is -2.20. The van der Waals surface area contributed by atoms with Crippen molar-refractivity contribution < 1.29 is 5.11 Å². The Morgan fingerprint density at radius 2 is 2.11 bits per heavy atom. The first-order valence-electron chi connectivity index (χ1n) is 6.23. The molecule has 1 N–H and O–H groups in total. The van der Waals surface area contributed by atoms with Crippen molar-refractivity contribution in [2.45, 2.75) is 20.1 Å². The highest BCUT2D eigenvalue weighted by Gasteiger charge is 2.05. The molecule has 0 unspecified atom stereocenters. The molecule has 0 bridgehead atoms. The number of imidazole rings is 1. The second-order valence-corrected chi connectivity index (χ2v) is 4.64. The number of fused-ring (bicyclic) bond motifs is 1. The summed E-state index contributed by atoms with van der Waals surface area (Å²) >= 11 is 0. The third-order valence-corrected chi connectivity index (χ3v) is 3.13. The van der Waals surface area contributed by atoms with Crippen LogP contribution in [-0.2, 0) is 13.2 Å². The summed E-state index contributed by atoms with van der Waals surface area (Å²) < 4.78 is 1.98. The van der Waals surface area contributed by atoms with Crippen molar-refractivity contribution in [3.63, 3.8) is 0 Å². The summed E-state index contributed by atoms with van der Waals surface area (Å²) in [7, 11) is 0. The Morgan fingerprint density at radius 1 is 1.26 bits per heavy atom. The van der Waals surface area contributed by atoms with Crippen molar-refractivity contribution in [3.05, 3.63) is 59.8 Å². The molecular formula is C15H15N3O. The first-order chi connectivity index (χ1) is 9.26. The number of aryl methyl sites for hydroxylation is 1. The van der Waals surface area contributed by atoms with Gasteiger partial charge >= 0.3 is 0 Å². The quantitative estimate of drug-likeness (QED) is 0.779. The highest BCUT2D eigenvalue weighted by atomic mass is 16.3. The lowest BCUT2D eigenvalue weighted by Crippen LogP contribution is -1.99. The van der Waals surface area contributed by atoms with Crippen molar-refractivity contribution in [1.82, 2.24) is 14.5 Å². The number of pyridine rings is 1. The van der Waals surface area contributed by atoms with Crippen LogP contribution < -0.4 is 0 Å². The van der Waals surface area contributed by atoms with Crippen LogP contribution in [0.1, 0.15) is 17.0 Å². The van der Waals surface area contributed by atoms with E-state index in [-0.39, 0.29) is 6.61 Å². The number of hydrogen-bond acceptors (Lipinski definition) is 3. The van der Waals surface area contributed by atoms with E-state index in [1.54, 1.807) is 6.33 Å². The second-order valence-electron chi connectivity index (χ2n) is 4.64. The Morgan fingerprint density at radius 3 is 2.89 bits per heavy atom. The molecule has 0 radical (unpaired) electrons. The lowest BCUT2D eigenvalue weighted by atomic mass is 10.1. The zero-order valence-electron chi connectivity index (χ0n) is 10.7. The van der Waals surface area contributed by atoms with Gasteiger partial charge in [-0.15, -0.1) is 0 Å². The summed E-state index contributed by atoms with van der Waals surface area (Å²) in [6, 6.07) is 10.2. The molecule has 0 fully saturated rings. The maximum absolute atomic E-state index is 9.05. The molecule has 19 heavy (non-hydrogen) atoms. The molecule has 0 atom stereocenters. The number of hydrogen-bond donors (Lipinski definition) is 1. The molecule has 0 aliphatic heterocycles. The van der Waals surface area contributed by atoms with Crippen molar-refractivity contribution in [3.8, 4) is 0 Å². The standard InChI is InChI=1S/C15H15N3O/c1-11-6-12(7-18-8-13(9-19)16-10-18)14-4-2-3-5-15(14)17-11/h2-6,8,10,19H,7,9H2,1H3. The topological polar surface area (TPSA) is 50.9 Å². The molecule has 3 rings (SSSR count). The van der Waals surface area contributed by atoms with Crippen LogP contribution in [0.25, 0.3) is 10.9 Å². The van der Waals surface area contributed by atoms with E-state index >= 15 is 0 Å². The third kappa shape index (κ3) is 2.35. The predicted octanol–water partition coefficient (Wildman–Crippen LogP) is 2.28. The molecule has 0 aliphatic carbocycles. The maximum Gasteiger partial charge on any atom is 0.0953 e. The largest absolute Gasteiger partial charge is 0.390 e. The highest BCUT2D eigenvalue weighted by Crippen LogP contribution is 2.19. The van der Waals surface area contributed by atoms with Crippen LogP contribution in [0.3, 0.4) is 0 Å². The van der Waals surface area contributed by atoms with Gasteiger partial charge in [-0.3, -0.25) is 4.98 Å². The van der Waals surface area contributed by atoms with Crippen molar-refractivity contribution in [1.29, 1.82) is 0 Å². The summed E-state index contributed by atoms with van der Waals surface area (Å²) in [5, 5.41) is 10.2. The Bertz CT molecular complexity index is 718. The normalized spacial score (nSPS) is 11.1. The summed E-state index contributed by atoms with van der Waals surface area (Å²) in [4.78, 5) is 8.67. The van der Waals surface area contributed by atoms with Gasteiger partial charge in [-0.25, -0.2) is 4.98 Å². The smallest absolute Gasteiger partial charge is 0.0953 e. The van der Waals surface area contributed by atoms with E-state index in [1.807, 2.05) is 35.9 Å². The van der Waals surface area contributed by atoms with E-state index in [4.69, 9.17) is 5.11 Å². The van der Waals surface area contributed by atoms with Crippen molar-refractivity contribution in [2.75, 3.05) is 0 Å². The number of aliphatic hydroxyl groups excluding tert-OH is 1. The molecule has 0 amide bonds. The van der Waals surface area contributed by atoms with Gasteiger partial charge in [0.25, 0.3) is 0 Å². The number of aliphatic hydroxyl groups is 1. The molecule has 2 aromatic heterocycles. The van der Waals surface area contributed by atoms with E-state index < -0.39 is 0 Å². The summed E-state index contributed by atoms with van der Waals surface area (Å²) in [6.07, 6.45) is 3.61. The molecule has 96 valence electrons. The fraction of sp³-hybridized carbons (Fsp3) is 0.200. The van der Waals surface area contributed by atoms with Crippen LogP contribution >= 0.6 is 0 Å². The zero-order chi connectivity index (χ0) is 13.2. The summed E-state index contributed by atoms with van der Waals surface area (Å²) in [5.74, 6) is 0. The van der Waals surface area contributed by atoms with Gasteiger partial charge < -0.3 is 9.67 Å². The van der Waals surface area contributed by atoms with Gasteiger partial charge in [0.1, 0.15) is 0 Å². The average Bonchev–Trinajstić information content (AvgIpc) is 2.86. The van der Waals surface area contributed by atoms with Gasteiger partial charge in [0.15, 0.2) is 0 Å². The molecule has 4 nitrogen and oxygen atoms in total. The number of aromatic nitrogens is 3. The van der Waals surface area contributed by atoms with Gasteiger partial charge in [-0.05, 0) is 24.6 Å². The van der Waals surface area contributed by atoms with Gasteiger partial charge in [0.2, 0.25) is 0 Å². The first kappa shape index (κ1) is 11.9. The van der Waals surface area contributed by atoms with Gasteiger partial charge in [0, 0.05) is 23.8 Å². The van der Waals surface area contributed by atoms with E-state index in [9.17, 15) is 0 Å². The maximum atomic E-state index is 9.05. The monoisotopic (exact) mass is 253 g/mol. The van der Waals surface area contributed by atoms with E-state index in [0.29, 0.717) is 5.69 Å². The fourth-order valence-electron chi connectivity index (χ4n) is 2.30. The predicted molar refractivity (Wildman–Crippen MR) is 73.7 cm³/mol. The van der Waals surface area contributed by atoms with Gasteiger partial charge in [0.05, 0.1) is 24.1 Å². The molecule has 0 saturated carbocycles. The Labute approximate surface area is 111 Å². The number of benzene rings is 1. The molecule has 0 saturated heterocycles. The number of rotatable bonds is 3. The van der Waals surface area contributed by atoms with E-state index in [0.717, 1.165) is 23.1 Å². The van der Waals surface area contributed by atoms with Crippen LogP contribution in [0.5, 0.6) is 0 Å². The summed E-state index contributed by atoms with van der Waals surface area (Å²) in [6.45, 7) is 2.71. The van der Waals surface area contributed by atoms with Crippen molar-refractivity contribution >= 4 is 10.9 Å². The number of para-hydroxylation sites is 1. The molecular weight excluding hydrogens is 238 g/mol. The molecule has 0 spiro atoms. The van der Waals surface area contributed by atoms with Crippen LogP contribution in [0.4, 0.5) is 0 Å². The fourth-order valence-corrected chi connectivity index (χ4v) is 2.30. The first-order valence-corrected chi connectivity index (χ1v) is 6.23. The molecule has 2 heterocycles. The van der Waals surface area contributed by atoms with Crippen LogP contribution in [0, 0.1) is 6.92 Å². The average molecular weight is 253 g/mol. The molecule has 4 heteroatoms. The molecule has 0 aliphatic rings. The minimum atomic E-state index is -0.0247. The minimum absolute atomic E-state index is 0.0247. The Kier molecular flexibility index (Phi) is 3.01. The van der Waals surface area contributed by atoms with E-state index in [1.165, 1.54) is 5.56 Å². The zero-order valence-corrected chi connectivity index (χ0v) is 10.7. The minimum Gasteiger partial charge on any atom is -0.390 e. The van der Waals surface area contributed by atoms with Crippen LogP contribution in [0.15, 0.2) is 42.9 Å². The lowest BCUT2D eigenvalue weighted by Gasteiger charge is -2.08. The second kappa shape index (κ2) is 4.82. The number of nitrogens with zero attached hydrogens (tertiary/aromatic N) is 3. The highest BCUT2D eigenvalue weighted by molar-refractivity contribution is 5.82. The van der Waals surface area contributed by atoms with Gasteiger partial charge in [-0.1, -0.05) is 18.2 Å². The van der Waals surface area contributed by atoms with Crippen molar-refractivity contribution in [2.24, 2.45) is 0 Å². The molecule has 3 aromatic rings. The third-order valence-electron chi connectivity index (χ3n) is 3.13. The van der Waals surface area contributed by atoms with Crippen LogP contribution in [-0.4, -0.2) is 19.6 Å². The Balaban J connectivity index is 2.04.